The summed E-state index contributed by atoms with van der Waals surface area (Å²) in [5, 5.41) is -0.620. The third-order valence-corrected chi connectivity index (χ3v) is 7.77. The van der Waals surface area contributed by atoms with Crippen molar-refractivity contribution >= 4 is 15.9 Å². The van der Waals surface area contributed by atoms with Gasteiger partial charge in [-0.1, -0.05) is 54.6 Å². The average molecular weight is 423 g/mol. The molecule has 0 saturated carbocycles. The summed E-state index contributed by atoms with van der Waals surface area (Å²) in [7, 11) is -3.78. The minimum Gasteiger partial charge on any atom is -0.341 e. The number of nitrogens with zero attached hydrogens (tertiary/aromatic N) is 1. The SMILES string of the molecule is Cc1cc(C(=O)NS(=O)(=O)C2Cc3ccccc3C2)c(C)n1C(C)c1ccccc1. The number of fused-ring (bicyclic) bond motifs is 1. The number of benzene rings is 2. The molecule has 1 aliphatic carbocycles. The summed E-state index contributed by atoms with van der Waals surface area (Å²) in [4.78, 5) is 12.9. The maximum atomic E-state index is 12.9. The van der Waals surface area contributed by atoms with Crippen molar-refractivity contribution in [3.05, 3.63) is 94.3 Å². The van der Waals surface area contributed by atoms with Crippen molar-refractivity contribution in [2.75, 3.05) is 0 Å². The molecule has 0 bridgehead atoms. The van der Waals surface area contributed by atoms with E-state index in [1.54, 1.807) is 6.07 Å². The van der Waals surface area contributed by atoms with E-state index in [9.17, 15) is 13.2 Å². The van der Waals surface area contributed by atoms with Gasteiger partial charge in [-0.05, 0) is 56.4 Å². The van der Waals surface area contributed by atoms with E-state index in [-0.39, 0.29) is 6.04 Å². The molecule has 1 heterocycles. The van der Waals surface area contributed by atoms with Crippen molar-refractivity contribution in [2.24, 2.45) is 0 Å². The molecular weight excluding hydrogens is 396 g/mol. The maximum Gasteiger partial charge on any atom is 0.266 e. The van der Waals surface area contributed by atoms with Crippen molar-refractivity contribution in [3.63, 3.8) is 0 Å². The van der Waals surface area contributed by atoms with Crippen LogP contribution in [0.15, 0.2) is 60.7 Å². The highest BCUT2D eigenvalue weighted by Gasteiger charge is 2.34. The summed E-state index contributed by atoms with van der Waals surface area (Å²) in [6.07, 6.45) is 0.867. The number of sulfonamides is 1. The van der Waals surface area contributed by atoms with Gasteiger partial charge in [0.15, 0.2) is 0 Å². The monoisotopic (exact) mass is 422 g/mol. The number of nitrogens with one attached hydrogen (secondary N) is 1. The number of hydrogen-bond donors (Lipinski definition) is 1. The Kier molecular flexibility index (Phi) is 5.28. The first-order valence-corrected chi connectivity index (χ1v) is 11.7. The van der Waals surface area contributed by atoms with E-state index in [0.717, 1.165) is 28.1 Å². The van der Waals surface area contributed by atoms with E-state index >= 15 is 0 Å². The van der Waals surface area contributed by atoms with E-state index in [0.29, 0.717) is 18.4 Å². The first-order chi connectivity index (χ1) is 14.3. The molecule has 1 atom stereocenters. The summed E-state index contributed by atoms with van der Waals surface area (Å²) < 4.78 is 30.2. The van der Waals surface area contributed by atoms with Crippen molar-refractivity contribution in [2.45, 2.75) is 44.9 Å². The zero-order valence-corrected chi connectivity index (χ0v) is 18.2. The lowest BCUT2D eigenvalue weighted by molar-refractivity contribution is 0.0980. The highest BCUT2D eigenvalue weighted by atomic mass is 32.2. The standard InChI is InChI=1S/C24H26N2O3S/c1-16-13-23(18(3)26(16)17(2)19-9-5-4-6-10-19)24(27)25-30(28,29)22-14-20-11-7-8-12-21(20)15-22/h4-13,17,22H,14-15H2,1-3H3,(H,25,27). The van der Waals surface area contributed by atoms with Crippen LogP contribution in [0.4, 0.5) is 0 Å². The highest BCUT2D eigenvalue weighted by molar-refractivity contribution is 7.90. The van der Waals surface area contributed by atoms with Crippen molar-refractivity contribution in [3.8, 4) is 0 Å². The average Bonchev–Trinajstić information content (AvgIpc) is 3.29. The predicted octanol–water partition coefficient (Wildman–Crippen LogP) is 3.94. The Hall–Kier alpha value is -2.86. The van der Waals surface area contributed by atoms with Crippen LogP contribution in [0.5, 0.6) is 0 Å². The number of hydrogen-bond acceptors (Lipinski definition) is 3. The van der Waals surface area contributed by atoms with Crippen LogP contribution >= 0.6 is 0 Å². The molecule has 30 heavy (non-hydrogen) atoms. The molecule has 1 amide bonds. The molecule has 5 nitrogen and oxygen atoms in total. The summed E-state index contributed by atoms with van der Waals surface area (Å²) >= 11 is 0. The fourth-order valence-electron chi connectivity index (χ4n) is 4.49. The number of carbonyl (C=O) groups excluding carboxylic acids is 1. The van der Waals surface area contributed by atoms with E-state index in [2.05, 4.69) is 16.2 Å². The van der Waals surface area contributed by atoms with E-state index in [1.165, 1.54) is 0 Å². The van der Waals surface area contributed by atoms with Crippen LogP contribution in [-0.2, 0) is 22.9 Å². The summed E-state index contributed by atoms with van der Waals surface area (Å²) in [6.45, 7) is 5.87. The minimum atomic E-state index is -3.78. The van der Waals surface area contributed by atoms with Gasteiger partial charge in [-0.15, -0.1) is 0 Å². The lowest BCUT2D eigenvalue weighted by atomic mass is 10.1. The van der Waals surface area contributed by atoms with Crippen LogP contribution in [0.1, 0.15) is 51.4 Å². The molecule has 6 heteroatoms. The molecule has 0 spiro atoms. The second kappa shape index (κ2) is 7.76. The zero-order chi connectivity index (χ0) is 21.5. The Labute approximate surface area is 177 Å². The largest absolute Gasteiger partial charge is 0.341 e. The van der Waals surface area contributed by atoms with E-state index in [4.69, 9.17) is 0 Å². The molecule has 3 aromatic rings. The van der Waals surface area contributed by atoms with Gasteiger partial charge in [0.2, 0.25) is 10.0 Å². The molecule has 0 saturated heterocycles. The smallest absolute Gasteiger partial charge is 0.266 e. The molecule has 156 valence electrons. The zero-order valence-electron chi connectivity index (χ0n) is 17.4. The Bertz CT molecular complexity index is 1170. The first kappa shape index (κ1) is 20.4. The van der Waals surface area contributed by atoms with Crippen LogP contribution in [0.2, 0.25) is 0 Å². The molecule has 4 rings (SSSR count). The van der Waals surface area contributed by atoms with Gasteiger partial charge in [0.25, 0.3) is 5.91 Å². The lowest BCUT2D eigenvalue weighted by Gasteiger charge is -2.19. The van der Waals surface area contributed by atoms with Crippen LogP contribution < -0.4 is 4.72 Å². The van der Waals surface area contributed by atoms with Crippen LogP contribution in [-0.4, -0.2) is 24.1 Å². The topological polar surface area (TPSA) is 68.2 Å². The second-order valence-corrected chi connectivity index (χ2v) is 9.98. The highest BCUT2D eigenvalue weighted by Crippen LogP contribution is 2.28. The Balaban J connectivity index is 1.56. The Morgan fingerprint density at radius 3 is 2.17 bits per heavy atom. The number of aromatic nitrogens is 1. The van der Waals surface area contributed by atoms with E-state index in [1.807, 2.05) is 68.4 Å². The fraction of sp³-hybridized carbons (Fsp3) is 0.292. The predicted molar refractivity (Wildman–Crippen MR) is 118 cm³/mol. The lowest BCUT2D eigenvalue weighted by Crippen LogP contribution is -2.39. The van der Waals surface area contributed by atoms with Gasteiger partial charge in [-0.25, -0.2) is 13.1 Å². The van der Waals surface area contributed by atoms with Crippen molar-refractivity contribution in [1.29, 1.82) is 0 Å². The van der Waals surface area contributed by atoms with Crippen LogP contribution in [0.3, 0.4) is 0 Å². The first-order valence-electron chi connectivity index (χ1n) is 10.1. The Morgan fingerprint density at radius 1 is 1.00 bits per heavy atom. The van der Waals surface area contributed by atoms with Gasteiger partial charge in [-0.3, -0.25) is 4.79 Å². The quantitative estimate of drug-likeness (QED) is 0.677. The van der Waals surface area contributed by atoms with Gasteiger partial charge < -0.3 is 4.57 Å². The molecule has 1 aromatic heterocycles. The summed E-state index contributed by atoms with van der Waals surface area (Å²) in [6, 6.07) is 19.6. The molecule has 0 fully saturated rings. The third-order valence-electron chi connectivity index (χ3n) is 6.09. The van der Waals surface area contributed by atoms with Crippen molar-refractivity contribution < 1.29 is 13.2 Å². The Morgan fingerprint density at radius 2 is 1.57 bits per heavy atom. The molecule has 0 aliphatic heterocycles. The molecule has 1 N–H and O–H groups in total. The van der Waals surface area contributed by atoms with Gasteiger partial charge in [0.05, 0.1) is 16.9 Å². The fourth-order valence-corrected chi connectivity index (χ4v) is 5.82. The van der Waals surface area contributed by atoms with Gasteiger partial charge in [-0.2, -0.15) is 0 Å². The second-order valence-electron chi connectivity index (χ2n) is 8.02. The normalized spacial score (nSPS) is 15.0. The number of aryl methyl sites for hydroxylation is 1. The minimum absolute atomic E-state index is 0.0358. The van der Waals surface area contributed by atoms with Crippen LogP contribution in [0, 0.1) is 13.8 Å². The molecule has 1 unspecified atom stereocenters. The molecule has 1 aliphatic rings. The van der Waals surface area contributed by atoms with Crippen LogP contribution in [0.25, 0.3) is 0 Å². The molecule has 0 radical (unpaired) electrons. The third kappa shape index (κ3) is 3.67. The van der Waals surface area contributed by atoms with Gasteiger partial charge >= 0.3 is 0 Å². The summed E-state index contributed by atoms with van der Waals surface area (Å²) in [5.41, 5.74) is 5.27. The number of rotatable bonds is 5. The number of amides is 1. The van der Waals surface area contributed by atoms with Gasteiger partial charge in [0, 0.05) is 11.4 Å². The molecular formula is C24H26N2O3S. The molecule has 2 aromatic carbocycles. The summed E-state index contributed by atoms with van der Waals surface area (Å²) in [5.74, 6) is -0.564. The van der Waals surface area contributed by atoms with Gasteiger partial charge in [0.1, 0.15) is 0 Å². The number of carbonyl (C=O) groups is 1. The van der Waals surface area contributed by atoms with E-state index < -0.39 is 21.2 Å². The van der Waals surface area contributed by atoms with Crippen molar-refractivity contribution in [1.82, 2.24) is 9.29 Å². The maximum absolute atomic E-state index is 12.9.